The van der Waals surface area contributed by atoms with E-state index < -0.39 is 52.9 Å². The van der Waals surface area contributed by atoms with E-state index in [9.17, 15) is 24.0 Å². The second kappa shape index (κ2) is 15.3. The summed E-state index contributed by atoms with van der Waals surface area (Å²) < 4.78 is 44.6. The Morgan fingerprint density at radius 3 is 2.37 bits per heavy atom. The maximum absolute atomic E-state index is 15.6. The number of amides is 2. The number of hydrogen-bond donors (Lipinski definition) is 2. The van der Waals surface area contributed by atoms with E-state index in [1.54, 1.807) is 40.7 Å². The van der Waals surface area contributed by atoms with Gasteiger partial charge in [0.1, 0.15) is 31.2 Å². The van der Waals surface area contributed by atoms with Gasteiger partial charge < -0.3 is 38.9 Å². The van der Waals surface area contributed by atoms with Crippen LogP contribution in [0.25, 0.3) is 33.4 Å². The van der Waals surface area contributed by atoms with E-state index in [-0.39, 0.29) is 56.4 Å². The van der Waals surface area contributed by atoms with Gasteiger partial charge in [0.05, 0.1) is 41.6 Å². The highest BCUT2D eigenvalue weighted by molar-refractivity contribution is 5.94. The molecule has 2 aliphatic heterocycles. The maximum atomic E-state index is 15.6. The fourth-order valence-corrected chi connectivity index (χ4v) is 9.41. The van der Waals surface area contributed by atoms with Gasteiger partial charge in [-0.05, 0) is 92.0 Å². The smallest absolute Gasteiger partial charge is 0.457 e. The number of cyclic esters (lactones) is 1. The van der Waals surface area contributed by atoms with Crippen LogP contribution in [0.1, 0.15) is 97.0 Å². The molecule has 15 heteroatoms. The van der Waals surface area contributed by atoms with Gasteiger partial charge in [-0.3, -0.25) is 4.79 Å². The van der Waals surface area contributed by atoms with Crippen LogP contribution in [0.2, 0.25) is 0 Å². The summed E-state index contributed by atoms with van der Waals surface area (Å²) in [5.74, 6) is -1.47. The number of aromatic nitrogens is 2. The standard InChI is InChI=1S/C47H45FN4O10/c1-6-47(62-45(57)58-18-17-49-43(55)61-46(3,4)5)33-19-37-40-30(21-52(37)41(53)32(33)23-59-42(47)54)39-35(16-15-25-24(2)34(48)20-36(50-40)38(25)39)51-44(56)60-22-31-28-13-9-7-11-26(28)27-12-8-10-14-29(27)31/h7-14,19-20,31,35H,6,15-18,21-23H2,1-5H3,(H,49,55)(H,51,56)/t35-,47-/m0/s1. The van der Waals surface area contributed by atoms with Crippen LogP contribution >= 0.6 is 0 Å². The molecule has 0 saturated heterocycles. The summed E-state index contributed by atoms with van der Waals surface area (Å²) in [5.41, 5.74) is 4.97. The van der Waals surface area contributed by atoms with E-state index in [1.165, 1.54) is 10.6 Å². The van der Waals surface area contributed by atoms with Crippen LogP contribution in [0.4, 0.5) is 18.8 Å². The quantitative estimate of drug-likeness (QED) is 0.0872. The highest BCUT2D eigenvalue weighted by atomic mass is 19.1. The molecule has 62 heavy (non-hydrogen) atoms. The Balaban J connectivity index is 1.03. The van der Waals surface area contributed by atoms with E-state index in [0.717, 1.165) is 27.8 Å². The topological polar surface area (TPSA) is 173 Å². The molecular weight excluding hydrogens is 800 g/mol. The Labute approximate surface area is 355 Å². The molecule has 320 valence electrons. The van der Waals surface area contributed by atoms with Crippen molar-refractivity contribution in [3.05, 3.63) is 121 Å². The number of esters is 1. The number of hydrogen-bond acceptors (Lipinski definition) is 11. The van der Waals surface area contributed by atoms with Crippen molar-refractivity contribution in [2.45, 2.75) is 90.2 Å². The summed E-state index contributed by atoms with van der Waals surface area (Å²) >= 11 is 0. The fraction of sp³-hybridized carbons (Fsp3) is 0.362. The molecule has 5 aromatic rings. The van der Waals surface area contributed by atoms with Crippen molar-refractivity contribution < 1.29 is 47.3 Å². The SMILES string of the molecule is CC[C@@]1(OC(=O)OCCNC(=O)OC(C)(C)C)C(=O)OCc2c1cc1n(c2=O)Cc2c-1nc1cc(F)c(C)c3c1c2[C@@H](NC(=O)OCC1c2ccccc2-c2ccccc21)CC3. The number of carbonyl (C=O) groups excluding carboxylic acids is 4. The Hall–Kier alpha value is -6.77. The van der Waals surface area contributed by atoms with Crippen molar-refractivity contribution in [1.82, 2.24) is 20.2 Å². The van der Waals surface area contributed by atoms with Gasteiger partial charge in [-0.25, -0.2) is 28.6 Å². The molecule has 2 amide bonds. The van der Waals surface area contributed by atoms with Crippen LogP contribution in [0.5, 0.6) is 0 Å². The number of rotatable bonds is 8. The molecule has 0 saturated carbocycles. The highest BCUT2D eigenvalue weighted by Crippen LogP contribution is 2.48. The summed E-state index contributed by atoms with van der Waals surface area (Å²) in [5, 5.41) is 6.28. The van der Waals surface area contributed by atoms with Gasteiger partial charge in [-0.15, -0.1) is 0 Å². The molecule has 2 atom stereocenters. The number of halogens is 1. The van der Waals surface area contributed by atoms with Crippen LogP contribution < -0.4 is 16.2 Å². The molecule has 14 nitrogen and oxygen atoms in total. The van der Waals surface area contributed by atoms with Gasteiger partial charge in [0, 0.05) is 28.5 Å². The monoisotopic (exact) mass is 844 g/mol. The Morgan fingerprint density at radius 1 is 0.968 bits per heavy atom. The molecular formula is C47H45FN4O10. The van der Waals surface area contributed by atoms with Crippen LogP contribution in [-0.4, -0.2) is 59.2 Å². The van der Waals surface area contributed by atoms with E-state index in [4.69, 9.17) is 28.7 Å². The predicted molar refractivity (Wildman–Crippen MR) is 223 cm³/mol. The zero-order valence-corrected chi connectivity index (χ0v) is 34.9. The third kappa shape index (κ3) is 6.79. The number of nitrogens with one attached hydrogen (secondary N) is 2. The number of fused-ring (bicyclic) bond motifs is 8. The Bertz CT molecular complexity index is 2750. The minimum Gasteiger partial charge on any atom is -0.457 e. The van der Waals surface area contributed by atoms with Gasteiger partial charge in [-0.1, -0.05) is 55.5 Å². The van der Waals surface area contributed by atoms with E-state index in [0.29, 0.717) is 51.8 Å². The second-order valence-electron chi connectivity index (χ2n) is 17.0. The van der Waals surface area contributed by atoms with Crippen LogP contribution in [0, 0.1) is 12.7 Å². The van der Waals surface area contributed by atoms with Crippen LogP contribution in [-0.2, 0) is 53.7 Å². The lowest BCUT2D eigenvalue weighted by Gasteiger charge is -2.35. The van der Waals surface area contributed by atoms with Crippen LogP contribution in [0.15, 0.2) is 65.5 Å². The van der Waals surface area contributed by atoms with Gasteiger partial charge >= 0.3 is 24.3 Å². The van der Waals surface area contributed by atoms with Gasteiger partial charge in [0.2, 0.25) is 5.60 Å². The average Bonchev–Trinajstić information content (AvgIpc) is 3.77. The number of pyridine rings is 2. The number of carbonyl (C=O) groups is 4. The summed E-state index contributed by atoms with van der Waals surface area (Å²) in [6.45, 7) is 7.86. The third-order valence-corrected chi connectivity index (χ3v) is 12.2. The molecule has 4 aliphatic rings. The molecule has 2 N–H and O–H groups in total. The molecule has 2 aromatic heterocycles. The summed E-state index contributed by atoms with van der Waals surface area (Å²) in [6, 6.07) is 18.5. The Morgan fingerprint density at radius 2 is 1.68 bits per heavy atom. The number of nitrogens with zero attached hydrogens (tertiary/aromatic N) is 2. The third-order valence-electron chi connectivity index (χ3n) is 12.2. The summed E-state index contributed by atoms with van der Waals surface area (Å²) in [7, 11) is 0. The van der Waals surface area contributed by atoms with E-state index in [1.807, 2.05) is 24.3 Å². The Kier molecular flexibility index (Phi) is 10.0. The van der Waals surface area contributed by atoms with Crippen molar-refractivity contribution in [1.29, 1.82) is 0 Å². The second-order valence-corrected chi connectivity index (χ2v) is 17.0. The maximum Gasteiger partial charge on any atom is 0.509 e. The molecule has 3 aromatic carbocycles. The number of alkyl carbamates (subject to hydrolysis) is 2. The zero-order valence-electron chi connectivity index (χ0n) is 34.9. The lowest BCUT2D eigenvalue weighted by atomic mass is 9.81. The zero-order chi connectivity index (χ0) is 43.7. The van der Waals surface area contributed by atoms with E-state index in [2.05, 4.69) is 34.9 Å². The summed E-state index contributed by atoms with van der Waals surface area (Å²) in [6.07, 6.45) is -1.77. The average molecular weight is 845 g/mol. The molecule has 0 radical (unpaired) electrons. The highest BCUT2D eigenvalue weighted by Gasteiger charge is 2.51. The van der Waals surface area contributed by atoms with Gasteiger partial charge in [0.25, 0.3) is 5.56 Å². The fourth-order valence-electron chi connectivity index (χ4n) is 9.41. The van der Waals surface area contributed by atoms with E-state index >= 15 is 4.39 Å². The van der Waals surface area contributed by atoms with Crippen molar-refractivity contribution in [2.24, 2.45) is 0 Å². The first-order valence-corrected chi connectivity index (χ1v) is 20.7. The summed E-state index contributed by atoms with van der Waals surface area (Å²) in [4.78, 5) is 71.9. The lowest BCUT2D eigenvalue weighted by molar-refractivity contribution is -0.175. The molecule has 0 spiro atoms. The van der Waals surface area contributed by atoms with Crippen molar-refractivity contribution in [3.8, 4) is 22.5 Å². The molecule has 0 fully saturated rings. The van der Waals surface area contributed by atoms with Gasteiger partial charge in [-0.2, -0.15) is 0 Å². The molecule has 9 rings (SSSR count). The largest absolute Gasteiger partial charge is 0.509 e. The minimum absolute atomic E-state index is 0.0639. The van der Waals surface area contributed by atoms with Gasteiger partial charge in [0.15, 0.2) is 0 Å². The first kappa shape index (κ1) is 40.6. The van der Waals surface area contributed by atoms with Crippen molar-refractivity contribution in [3.63, 3.8) is 0 Å². The number of aryl methyl sites for hydroxylation is 1. The van der Waals surface area contributed by atoms with Crippen molar-refractivity contribution in [2.75, 3.05) is 19.8 Å². The van der Waals surface area contributed by atoms with Crippen molar-refractivity contribution >= 4 is 35.2 Å². The molecule has 0 bridgehead atoms. The first-order chi connectivity index (χ1) is 29.7. The molecule has 2 aliphatic carbocycles. The predicted octanol–water partition coefficient (Wildman–Crippen LogP) is 7.74. The molecule has 0 unspecified atom stereocenters. The number of ether oxygens (including phenoxy) is 5. The normalized spacial score (nSPS) is 18.1. The minimum atomic E-state index is -2.06. The molecule has 4 heterocycles. The first-order valence-electron chi connectivity index (χ1n) is 20.7. The number of benzene rings is 3. The lowest BCUT2D eigenvalue weighted by Crippen LogP contribution is -2.47. The van der Waals surface area contributed by atoms with Crippen LogP contribution in [0.3, 0.4) is 0 Å².